The molecule has 0 unspecified atom stereocenters. The summed E-state index contributed by atoms with van der Waals surface area (Å²) in [6.07, 6.45) is 7.00. The van der Waals surface area contributed by atoms with E-state index in [2.05, 4.69) is 18.7 Å². The van der Waals surface area contributed by atoms with Gasteiger partial charge in [0.05, 0.1) is 0 Å². The molecule has 0 heterocycles. The lowest BCUT2D eigenvalue weighted by atomic mass is 10.1. The fourth-order valence-electron chi connectivity index (χ4n) is 0.167. The van der Waals surface area contributed by atoms with Crippen LogP contribution in [0.5, 0.6) is 0 Å². The minimum absolute atomic E-state index is 1.32. The fraction of sp³-hybridized carbons (Fsp3) is 0.400. The molecule has 1 nitrogen and oxygen atoms in total. The van der Waals surface area contributed by atoms with Crippen LogP contribution in [-0.4, -0.2) is 0 Å². The molecule has 0 saturated carbocycles. The zero-order valence-electron chi connectivity index (χ0n) is 3.59. The van der Waals surface area contributed by atoms with Gasteiger partial charge in [-0.3, -0.25) is 0 Å². The maximum atomic E-state index is 6.50. The summed E-state index contributed by atoms with van der Waals surface area (Å²) in [4.78, 5) is 0. The Bertz CT molecular complexity index is 55.6. The van der Waals surface area contributed by atoms with Crippen LogP contribution >= 0.6 is 0 Å². The van der Waals surface area contributed by atoms with E-state index < -0.39 is 0 Å². The largest absolute Gasteiger partial charge is 0.202 e. The van der Waals surface area contributed by atoms with Crippen LogP contribution in [-0.2, 0) is 0 Å². The molecule has 6 heavy (non-hydrogen) atoms. The summed E-state index contributed by atoms with van der Waals surface area (Å²) in [6.45, 7) is 3.50. The Labute approximate surface area is 37.9 Å². The second kappa shape index (κ2) is 4.23. The van der Waals surface area contributed by atoms with Crippen LogP contribution in [0, 0.1) is 11.8 Å². The average molecular weight is 81.1 g/mol. The SMILES string of the molecule is C#N.C1=CCC1. The van der Waals surface area contributed by atoms with Crippen molar-refractivity contribution in [1.29, 1.82) is 5.26 Å². The topological polar surface area (TPSA) is 23.8 Å². The summed E-state index contributed by atoms with van der Waals surface area (Å²) < 4.78 is 0. The first-order chi connectivity index (χ1) is 3.00. The van der Waals surface area contributed by atoms with Crippen molar-refractivity contribution in [2.45, 2.75) is 12.8 Å². The summed E-state index contributed by atoms with van der Waals surface area (Å²) in [6, 6.07) is 0. The quantitative estimate of drug-likeness (QED) is 0.405. The van der Waals surface area contributed by atoms with Gasteiger partial charge in [-0.2, -0.15) is 0 Å². The van der Waals surface area contributed by atoms with Crippen LogP contribution in [0.25, 0.3) is 0 Å². The van der Waals surface area contributed by atoms with Gasteiger partial charge in [0.15, 0.2) is 0 Å². The third-order valence-corrected chi connectivity index (χ3v) is 0.667. The molecule has 32 valence electrons. The highest BCUT2D eigenvalue weighted by Crippen LogP contribution is 2.01. The van der Waals surface area contributed by atoms with E-state index in [-0.39, 0.29) is 0 Å². The first kappa shape index (κ1) is 5.23. The minimum Gasteiger partial charge on any atom is -0.202 e. The van der Waals surface area contributed by atoms with E-state index in [1.165, 1.54) is 12.8 Å². The number of nitrogens with zero attached hydrogens (tertiary/aromatic N) is 1. The van der Waals surface area contributed by atoms with E-state index >= 15 is 0 Å². The second-order valence-electron chi connectivity index (χ2n) is 1.05. The Morgan fingerprint density at radius 1 is 1.17 bits per heavy atom. The molecule has 0 bridgehead atoms. The monoisotopic (exact) mass is 81.1 g/mol. The summed E-state index contributed by atoms with van der Waals surface area (Å²) in [5.74, 6) is 0. The fourth-order valence-corrected chi connectivity index (χ4v) is 0.167. The van der Waals surface area contributed by atoms with Gasteiger partial charge < -0.3 is 0 Å². The van der Waals surface area contributed by atoms with E-state index in [1.807, 2.05) is 0 Å². The second-order valence-corrected chi connectivity index (χ2v) is 1.05. The van der Waals surface area contributed by atoms with E-state index in [0.717, 1.165) is 0 Å². The molecule has 0 radical (unpaired) electrons. The molecular weight excluding hydrogens is 74.1 g/mol. The summed E-state index contributed by atoms with van der Waals surface area (Å²) in [5.41, 5.74) is 0. The van der Waals surface area contributed by atoms with Crippen LogP contribution in [0.4, 0.5) is 0 Å². The predicted molar refractivity (Wildman–Crippen MR) is 25.0 cm³/mol. The number of nitriles is 1. The van der Waals surface area contributed by atoms with Gasteiger partial charge in [0.1, 0.15) is 0 Å². The van der Waals surface area contributed by atoms with Crippen LogP contribution in [0.15, 0.2) is 12.2 Å². The molecule has 0 aromatic rings. The third-order valence-electron chi connectivity index (χ3n) is 0.667. The van der Waals surface area contributed by atoms with Gasteiger partial charge in [-0.15, -0.1) is 0 Å². The number of allylic oxidation sites excluding steroid dienone is 2. The van der Waals surface area contributed by atoms with E-state index in [1.54, 1.807) is 0 Å². The standard InChI is InChI=1S/C4H6.CHN/c1-2-4-3-1;1-2/h1-2H,3-4H2;1H. The third kappa shape index (κ3) is 1.54. The highest BCUT2D eigenvalue weighted by Gasteiger charge is 1.81. The molecule has 0 aromatic carbocycles. The van der Waals surface area contributed by atoms with Crippen LogP contribution in [0.3, 0.4) is 0 Å². The number of hydrogen-bond donors (Lipinski definition) is 0. The molecule has 0 spiro atoms. The van der Waals surface area contributed by atoms with E-state index in [0.29, 0.717) is 0 Å². The average Bonchev–Trinajstić information content (AvgIpc) is 1.36. The maximum absolute atomic E-state index is 6.50. The summed E-state index contributed by atoms with van der Waals surface area (Å²) in [5, 5.41) is 6.50. The van der Waals surface area contributed by atoms with Gasteiger partial charge >= 0.3 is 0 Å². The van der Waals surface area contributed by atoms with Crippen molar-refractivity contribution in [3.63, 3.8) is 0 Å². The first-order valence-corrected chi connectivity index (χ1v) is 1.91. The van der Waals surface area contributed by atoms with Crippen molar-refractivity contribution in [3.05, 3.63) is 12.2 Å². The molecule has 1 aliphatic rings. The van der Waals surface area contributed by atoms with Crippen LogP contribution < -0.4 is 0 Å². The molecule has 0 fully saturated rings. The highest BCUT2D eigenvalue weighted by molar-refractivity contribution is 4.92. The molecule has 0 N–H and O–H groups in total. The van der Waals surface area contributed by atoms with Gasteiger partial charge in [0, 0.05) is 6.57 Å². The molecule has 0 atom stereocenters. The van der Waals surface area contributed by atoms with Crippen LogP contribution in [0.1, 0.15) is 12.8 Å². The lowest BCUT2D eigenvalue weighted by Gasteiger charge is -1.92. The Kier molecular flexibility index (Phi) is 3.69. The molecule has 0 saturated heterocycles. The van der Waals surface area contributed by atoms with Crippen molar-refractivity contribution in [1.82, 2.24) is 0 Å². The Morgan fingerprint density at radius 2 is 1.33 bits per heavy atom. The molecule has 0 aliphatic heterocycles. The lowest BCUT2D eigenvalue weighted by molar-refractivity contribution is 0.962. The molecule has 1 heteroatoms. The Balaban J connectivity index is 0.000000112. The predicted octanol–water partition coefficient (Wildman–Crippen LogP) is 1.48. The Morgan fingerprint density at radius 3 is 1.33 bits per heavy atom. The molecule has 0 amide bonds. The number of hydrogen-bond acceptors (Lipinski definition) is 1. The molecule has 1 aliphatic carbocycles. The molecule has 1 rings (SSSR count). The van der Waals surface area contributed by atoms with Gasteiger partial charge in [-0.25, -0.2) is 5.26 Å². The Hall–Kier alpha value is -0.770. The number of rotatable bonds is 0. The molecule has 0 aromatic heterocycles. The highest BCUT2D eigenvalue weighted by atomic mass is 14.2. The minimum atomic E-state index is 1.32. The van der Waals surface area contributed by atoms with Gasteiger partial charge in [0.2, 0.25) is 0 Å². The normalized spacial score (nSPS) is 13.7. The zero-order valence-corrected chi connectivity index (χ0v) is 3.59. The van der Waals surface area contributed by atoms with Crippen molar-refractivity contribution in [2.24, 2.45) is 0 Å². The summed E-state index contributed by atoms with van der Waals surface area (Å²) in [7, 11) is 0. The van der Waals surface area contributed by atoms with Gasteiger partial charge in [0.25, 0.3) is 0 Å². The zero-order chi connectivity index (χ0) is 4.83. The van der Waals surface area contributed by atoms with E-state index in [4.69, 9.17) is 5.26 Å². The maximum Gasteiger partial charge on any atom is 0.0462 e. The van der Waals surface area contributed by atoms with Gasteiger partial charge in [-0.05, 0) is 12.8 Å². The lowest BCUT2D eigenvalue weighted by Crippen LogP contribution is -1.71. The van der Waals surface area contributed by atoms with Crippen molar-refractivity contribution >= 4 is 0 Å². The van der Waals surface area contributed by atoms with Crippen LogP contribution in [0.2, 0.25) is 0 Å². The van der Waals surface area contributed by atoms with E-state index in [9.17, 15) is 0 Å². The van der Waals surface area contributed by atoms with Crippen molar-refractivity contribution < 1.29 is 0 Å². The smallest absolute Gasteiger partial charge is 0.0462 e. The first-order valence-electron chi connectivity index (χ1n) is 1.91. The van der Waals surface area contributed by atoms with Crippen molar-refractivity contribution in [3.8, 4) is 6.57 Å². The summed E-state index contributed by atoms with van der Waals surface area (Å²) >= 11 is 0. The molecular formula is C5H7N. The van der Waals surface area contributed by atoms with Gasteiger partial charge in [-0.1, -0.05) is 12.2 Å². The van der Waals surface area contributed by atoms with Crippen molar-refractivity contribution in [2.75, 3.05) is 0 Å².